The molecule has 1 aromatic rings. The molecule has 2 aliphatic carbocycles. The van der Waals surface area contributed by atoms with Crippen LogP contribution in [0, 0.1) is 0 Å². The van der Waals surface area contributed by atoms with Crippen LogP contribution in [0.5, 0.6) is 0 Å². The molecule has 1 aromatic carbocycles. The molecule has 0 aromatic heterocycles. The Morgan fingerprint density at radius 1 is 1.25 bits per heavy atom. The van der Waals surface area contributed by atoms with Crippen molar-refractivity contribution in [2.75, 3.05) is 5.75 Å². The van der Waals surface area contributed by atoms with Crippen molar-refractivity contribution >= 4 is 27.7 Å². The van der Waals surface area contributed by atoms with Crippen molar-refractivity contribution in [2.24, 2.45) is 0 Å². The van der Waals surface area contributed by atoms with Crippen LogP contribution in [0.25, 0.3) is 0 Å². The maximum atomic E-state index is 3.98. The molecule has 0 bridgehead atoms. The van der Waals surface area contributed by atoms with Gasteiger partial charge in [-0.05, 0) is 61.1 Å². The normalized spacial score (nSPS) is 29.4. The van der Waals surface area contributed by atoms with E-state index in [9.17, 15) is 0 Å². The fourth-order valence-electron chi connectivity index (χ4n) is 3.70. The molecular weight excluding hydrogens is 330 g/mol. The number of halogens is 1. The zero-order chi connectivity index (χ0) is 13.9. The van der Waals surface area contributed by atoms with Gasteiger partial charge >= 0.3 is 0 Å². The summed E-state index contributed by atoms with van der Waals surface area (Å²) in [6, 6.07) is 8.23. The number of aryl methyl sites for hydroxylation is 1. The van der Waals surface area contributed by atoms with Crippen molar-refractivity contribution in [3.05, 3.63) is 33.8 Å². The molecule has 0 spiro atoms. The molecule has 3 rings (SSSR count). The summed E-state index contributed by atoms with van der Waals surface area (Å²) in [5.74, 6) is 1.25. The van der Waals surface area contributed by atoms with Gasteiger partial charge in [-0.25, -0.2) is 0 Å². The molecule has 3 heteroatoms. The van der Waals surface area contributed by atoms with Gasteiger partial charge in [-0.1, -0.05) is 35.3 Å². The largest absolute Gasteiger partial charge is 0.310 e. The summed E-state index contributed by atoms with van der Waals surface area (Å²) in [6.45, 7) is 2.29. The third-order valence-corrected chi connectivity index (χ3v) is 6.50. The average Bonchev–Trinajstić information content (AvgIpc) is 2.87. The van der Waals surface area contributed by atoms with Gasteiger partial charge in [0.1, 0.15) is 0 Å². The van der Waals surface area contributed by atoms with Crippen LogP contribution in [0.15, 0.2) is 22.7 Å². The minimum atomic E-state index is 0.687. The fourth-order valence-corrected chi connectivity index (χ4v) is 5.32. The molecule has 3 atom stereocenters. The van der Waals surface area contributed by atoms with E-state index in [1.54, 1.807) is 11.1 Å². The molecule has 1 N–H and O–H groups in total. The number of hydrogen-bond acceptors (Lipinski definition) is 2. The molecule has 1 saturated carbocycles. The Morgan fingerprint density at radius 3 is 3.00 bits per heavy atom. The molecule has 1 nitrogen and oxygen atoms in total. The van der Waals surface area contributed by atoms with Gasteiger partial charge in [0.05, 0.1) is 0 Å². The second-order valence-corrected chi connectivity index (χ2v) is 8.48. The van der Waals surface area contributed by atoms with Crippen LogP contribution < -0.4 is 5.32 Å². The van der Waals surface area contributed by atoms with Crippen molar-refractivity contribution in [1.29, 1.82) is 0 Å². The Balaban J connectivity index is 1.61. The van der Waals surface area contributed by atoms with Crippen molar-refractivity contribution in [1.82, 2.24) is 5.32 Å². The first-order valence-electron chi connectivity index (χ1n) is 7.91. The zero-order valence-electron chi connectivity index (χ0n) is 12.2. The van der Waals surface area contributed by atoms with E-state index in [0.29, 0.717) is 6.04 Å². The first-order chi connectivity index (χ1) is 9.76. The lowest BCUT2D eigenvalue weighted by molar-refractivity contribution is 0.399. The second-order valence-electron chi connectivity index (χ2n) is 6.05. The topological polar surface area (TPSA) is 12.0 Å². The quantitative estimate of drug-likeness (QED) is 0.850. The van der Waals surface area contributed by atoms with E-state index in [-0.39, 0.29) is 0 Å². The fraction of sp³-hybridized carbons (Fsp3) is 0.647. The summed E-state index contributed by atoms with van der Waals surface area (Å²) in [4.78, 5) is 0. The van der Waals surface area contributed by atoms with E-state index in [1.165, 1.54) is 48.8 Å². The van der Waals surface area contributed by atoms with Crippen LogP contribution >= 0.6 is 27.7 Å². The molecule has 0 amide bonds. The molecule has 1 fully saturated rings. The summed E-state index contributed by atoms with van der Waals surface area (Å²) in [6.07, 6.45) is 7.93. The Hall–Kier alpha value is 0.01000. The number of hydrogen-bond donors (Lipinski definition) is 1. The third-order valence-electron chi connectivity index (χ3n) is 4.68. The minimum Gasteiger partial charge on any atom is -0.310 e. The van der Waals surface area contributed by atoms with Crippen LogP contribution in [-0.2, 0) is 12.8 Å². The maximum Gasteiger partial charge on any atom is 0.0201 e. The van der Waals surface area contributed by atoms with Crippen molar-refractivity contribution in [2.45, 2.75) is 62.8 Å². The molecule has 110 valence electrons. The minimum absolute atomic E-state index is 0.687. The first kappa shape index (κ1) is 14.9. The SMILES string of the molecule is CCSC1CCCC1NC1CCc2cc(Br)ccc2C1. The number of thioether (sulfide) groups is 1. The lowest BCUT2D eigenvalue weighted by Crippen LogP contribution is -2.44. The van der Waals surface area contributed by atoms with E-state index in [2.05, 4.69) is 58.1 Å². The predicted octanol–water partition coefficient (Wildman–Crippen LogP) is 4.57. The summed E-state index contributed by atoms with van der Waals surface area (Å²) in [7, 11) is 0. The van der Waals surface area contributed by atoms with Gasteiger partial charge in [0.15, 0.2) is 0 Å². The highest BCUT2D eigenvalue weighted by molar-refractivity contribution is 9.10. The van der Waals surface area contributed by atoms with E-state index in [4.69, 9.17) is 0 Å². The van der Waals surface area contributed by atoms with Crippen molar-refractivity contribution in [3.8, 4) is 0 Å². The number of rotatable bonds is 4. The highest BCUT2D eigenvalue weighted by atomic mass is 79.9. The number of fused-ring (bicyclic) bond motifs is 1. The first-order valence-corrected chi connectivity index (χ1v) is 9.75. The molecule has 3 unspecified atom stereocenters. The summed E-state index contributed by atoms with van der Waals surface area (Å²) in [5.41, 5.74) is 3.10. The van der Waals surface area contributed by atoms with Crippen molar-refractivity contribution < 1.29 is 0 Å². The van der Waals surface area contributed by atoms with Crippen LogP contribution in [0.2, 0.25) is 0 Å². The summed E-state index contributed by atoms with van der Waals surface area (Å²) >= 11 is 5.74. The van der Waals surface area contributed by atoms with Crippen LogP contribution in [0.1, 0.15) is 43.7 Å². The lowest BCUT2D eigenvalue weighted by Gasteiger charge is -2.30. The highest BCUT2D eigenvalue weighted by Crippen LogP contribution is 2.32. The van der Waals surface area contributed by atoms with Gasteiger partial charge < -0.3 is 5.32 Å². The molecule has 0 aliphatic heterocycles. The molecule has 0 radical (unpaired) electrons. The molecule has 2 aliphatic rings. The van der Waals surface area contributed by atoms with E-state index < -0.39 is 0 Å². The Morgan fingerprint density at radius 2 is 2.15 bits per heavy atom. The maximum absolute atomic E-state index is 3.98. The van der Waals surface area contributed by atoms with Gasteiger partial charge in [0.25, 0.3) is 0 Å². The smallest absolute Gasteiger partial charge is 0.0201 e. The standard InChI is InChI=1S/C17H24BrNS/c1-2-20-17-5-3-4-16(17)19-15-9-7-12-10-14(18)8-6-13(12)11-15/h6,8,10,15-17,19H,2-5,7,9,11H2,1H3. The zero-order valence-corrected chi connectivity index (χ0v) is 14.6. The second kappa shape index (κ2) is 6.85. The Labute approximate surface area is 135 Å². The predicted molar refractivity (Wildman–Crippen MR) is 92.6 cm³/mol. The molecule has 20 heavy (non-hydrogen) atoms. The van der Waals surface area contributed by atoms with Crippen LogP contribution in [-0.4, -0.2) is 23.1 Å². The summed E-state index contributed by atoms with van der Waals surface area (Å²) in [5, 5.41) is 4.83. The monoisotopic (exact) mass is 353 g/mol. The van der Waals surface area contributed by atoms with Crippen molar-refractivity contribution in [3.63, 3.8) is 0 Å². The van der Waals surface area contributed by atoms with Gasteiger partial charge in [-0.2, -0.15) is 11.8 Å². The number of nitrogens with one attached hydrogen (secondary N) is 1. The van der Waals surface area contributed by atoms with Gasteiger partial charge in [0.2, 0.25) is 0 Å². The van der Waals surface area contributed by atoms with Gasteiger partial charge in [-0.3, -0.25) is 0 Å². The lowest BCUT2D eigenvalue weighted by atomic mass is 9.88. The van der Waals surface area contributed by atoms with Crippen LogP contribution in [0.3, 0.4) is 0 Å². The van der Waals surface area contributed by atoms with Crippen LogP contribution in [0.4, 0.5) is 0 Å². The van der Waals surface area contributed by atoms with Gasteiger partial charge in [-0.15, -0.1) is 0 Å². The average molecular weight is 354 g/mol. The van der Waals surface area contributed by atoms with E-state index in [1.807, 2.05) is 0 Å². The van der Waals surface area contributed by atoms with E-state index in [0.717, 1.165) is 11.3 Å². The highest BCUT2D eigenvalue weighted by Gasteiger charge is 2.30. The van der Waals surface area contributed by atoms with E-state index >= 15 is 0 Å². The summed E-state index contributed by atoms with van der Waals surface area (Å²) < 4.78 is 1.22. The molecular formula is C17H24BrNS. The van der Waals surface area contributed by atoms with Gasteiger partial charge in [0, 0.05) is 21.8 Å². The number of benzene rings is 1. The molecule has 0 saturated heterocycles. The Bertz CT molecular complexity index is 462. The molecule has 0 heterocycles. The Kier molecular flexibility index (Phi) is 5.11. The third kappa shape index (κ3) is 3.42.